The molecule has 0 saturated carbocycles. The van der Waals surface area contributed by atoms with Gasteiger partial charge in [-0.25, -0.2) is 4.79 Å². The van der Waals surface area contributed by atoms with Crippen molar-refractivity contribution in [3.8, 4) is 11.8 Å². The molecule has 3 heteroatoms. The zero-order valence-corrected chi connectivity index (χ0v) is 10.1. The van der Waals surface area contributed by atoms with Gasteiger partial charge in [-0.15, -0.1) is 0 Å². The van der Waals surface area contributed by atoms with E-state index < -0.39 is 0 Å². The number of aliphatic hydroxyl groups is 1. The summed E-state index contributed by atoms with van der Waals surface area (Å²) < 4.78 is 4.64. The minimum Gasteiger partial charge on any atom is -0.465 e. The Balaban J connectivity index is 2.82. The monoisotopic (exact) mass is 232 g/mol. The molecular formula is C14H16O3. The molecule has 1 N–H and O–H groups in total. The molecule has 3 nitrogen and oxygen atoms in total. The molecule has 0 aromatic heterocycles. The topological polar surface area (TPSA) is 46.5 Å². The van der Waals surface area contributed by atoms with E-state index in [4.69, 9.17) is 5.11 Å². The first-order valence-corrected chi connectivity index (χ1v) is 5.47. The fourth-order valence-corrected chi connectivity index (χ4v) is 1.37. The number of unbranched alkanes of at least 4 members (excludes halogenated alkanes) is 1. The van der Waals surface area contributed by atoms with Crippen LogP contribution in [0.4, 0.5) is 0 Å². The number of ether oxygens (including phenoxy) is 1. The molecule has 0 aliphatic carbocycles. The lowest BCUT2D eigenvalue weighted by molar-refractivity contribution is 0.0600. The molecule has 0 heterocycles. The highest BCUT2D eigenvalue weighted by atomic mass is 16.5. The van der Waals surface area contributed by atoms with Crippen molar-refractivity contribution >= 4 is 5.97 Å². The minimum atomic E-state index is -0.340. The van der Waals surface area contributed by atoms with Crippen LogP contribution in [0.2, 0.25) is 0 Å². The average molecular weight is 232 g/mol. The first-order valence-electron chi connectivity index (χ1n) is 5.47. The smallest absolute Gasteiger partial charge is 0.337 e. The fraction of sp³-hybridized carbons (Fsp3) is 0.357. The van der Waals surface area contributed by atoms with Gasteiger partial charge < -0.3 is 9.84 Å². The summed E-state index contributed by atoms with van der Waals surface area (Å²) in [6, 6.07) is 5.28. The highest BCUT2D eigenvalue weighted by molar-refractivity contribution is 5.89. The van der Waals surface area contributed by atoms with E-state index in [0.29, 0.717) is 18.4 Å². The summed E-state index contributed by atoms with van der Waals surface area (Å²) in [4.78, 5) is 11.3. The second kappa shape index (κ2) is 6.72. The molecule has 0 radical (unpaired) electrons. The van der Waals surface area contributed by atoms with Crippen LogP contribution in [0.15, 0.2) is 18.2 Å². The van der Waals surface area contributed by atoms with Gasteiger partial charge in [0, 0.05) is 18.6 Å². The van der Waals surface area contributed by atoms with Crippen molar-refractivity contribution in [1.29, 1.82) is 0 Å². The minimum absolute atomic E-state index is 0.162. The van der Waals surface area contributed by atoms with Gasteiger partial charge in [0.2, 0.25) is 0 Å². The third kappa shape index (κ3) is 3.93. The molecule has 0 aliphatic rings. The van der Waals surface area contributed by atoms with Crippen molar-refractivity contribution < 1.29 is 14.6 Å². The van der Waals surface area contributed by atoms with E-state index in [1.807, 2.05) is 13.0 Å². The molecule has 1 rings (SSSR count). The average Bonchev–Trinajstić information content (AvgIpc) is 2.35. The van der Waals surface area contributed by atoms with Crippen molar-refractivity contribution in [1.82, 2.24) is 0 Å². The Kier molecular flexibility index (Phi) is 5.25. The predicted octanol–water partition coefficient (Wildman–Crippen LogP) is 1.91. The molecule has 0 aliphatic heterocycles. The quantitative estimate of drug-likeness (QED) is 0.492. The molecule has 0 spiro atoms. The second-order valence-electron chi connectivity index (χ2n) is 3.65. The van der Waals surface area contributed by atoms with Crippen LogP contribution in [-0.2, 0) is 4.74 Å². The normalized spacial score (nSPS) is 9.35. The number of esters is 1. The third-order valence-electron chi connectivity index (χ3n) is 2.33. The number of hydrogen-bond acceptors (Lipinski definition) is 3. The molecule has 0 fully saturated rings. The predicted molar refractivity (Wildman–Crippen MR) is 65.7 cm³/mol. The van der Waals surface area contributed by atoms with Crippen molar-refractivity contribution in [3.63, 3.8) is 0 Å². The van der Waals surface area contributed by atoms with Gasteiger partial charge in [0.1, 0.15) is 0 Å². The summed E-state index contributed by atoms with van der Waals surface area (Å²) in [5.74, 6) is 5.66. The zero-order valence-electron chi connectivity index (χ0n) is 10.1. The first-order chi connectivity index (χ1) is 8.19. The molecule has 1 aromatic rings. The van der Waals surface area contributed by atoms with Gasteiger partial charge in [-0.2, -0.15) is 0 Å². The molecule has 90 valence electrons. The van der Waals surface area contributed by atoms with Crippen molar-refractivity contribution in [2.45, 2.75) is 19.8 Å². The highest BCUT2D eigenvalue weighted by Gasteiger charge is 2.06. The van der Waals surface area contributed by atoms with E-state index in [1.54, 1.807) is 12.1 Å². The molecule has 0 unspecified atom stereocenters. The highest BCUT2D eigenvalue weighted by Crippen LogP contribution is 2.11. The van der Waals surface area contributed by atoms with Gasteiger partial charge in [-0.05, 0) is 37.1 Å². The molecular weight excluding hydrogens is 216 g/mol. The number of aliphatic hydroxyl groups excluding tert-OH is 1. The number of aryl methyl sites for hydroxylation is 1. The lowest BCUT2D eigenvalue weighted by atomic mass is 10.1. The summed E-state index contributed by atoms with van der Waals surface area (Å²) in [5.41, 5.74) is 2.38. The Labute approximate surface area is 101 Å². The van der Waals surface area contributed by atoms with Crippen LogP contribution in [0, 0.1) is 18.8 Å². The SMILES string of the molecule is COC(=O)c1ccc(C#CCCCO)c(C)c1. The van der Waals surface area contributed by atoms with Gasteiger partial charge >= 0.3 is 5.97 Å². The summed E-state index contributed by atoms with van der Waals surface area (Å²) in [6.45, 7) is 2.07. The van der Waals surface area contributed by atoms with E-state index in [9.17, 15) is 4.79 Å². The second-order valence-corrected chi connectivity index (χ2v) is 3.65. The van der Waals surface area contributed by atoms with Crippen LogP contribution < -0.4 is 0 Å². The number of carbonyl (C=O) groups excluding carboxylic acids is 1. The van der Waals surface area contributed by atoms with Crippen molar-refractivity contribution in [3.05, 3.63) is 34.9 Å². The van der Waals surface area contributed by atoms with E-state index in [0.717, 1.165) is 11.1 Å². The molecule has 0 amide bonds. The maximum absolute atomic E-state index is 11.3. The van der Waals surface area contributed by atoms with E-state index in [2.05, 4.69) is 16.6 Å². The first kappa shape index (κ1) is 13.3. The van der Waals surface area contributed by atoms with Crippen molar-refractivity contribution in [2.75, 3.05) is 13.7 Å². The van der Waals surface area contributed by atoms with Crippen LogP contribution in [0.25, 0.3) is 0 Å². The van der Waals surface area contributed by atoms with Crippen molar-refractivity contribution in [2.24, 2.45) is 0 Å². The number of methoxy groups -OCH3 is 1. The Morgan fingerprint density at radius 3 is 2.82 bits per heavy atom. The lowest BCUT2D eigenvalue weighted by Crippen LogP contribution is -2.01. The maximum Gasteiger partial charge on any atom is 0.337 e. The van der Waals surface area contributed by atoms with Gasteiger partial charge in [0.05, 0.1) is 12.7 Å². The van der Waals surface area contributed by atoms with Crippen LogP contribution in [0.3, 0.4) is 0 Å². The molecule has 17 heavy (non-hydrogen) atoms. The number of benzene rings is 1. The van der Waals surface area contributed by atoms with Gasteiger partial charge in [-0.1, -0.05) is 11.8 Å². The summed E-state index contributed by atoms with van der Waals surface area (Å²) in [6.07, 6.45) is 1.36. The number of carbonyl (C=O) groups is 1. The standard InChI is InChI=1S/C14H16O3/c1-11-10-13(14(16)17-2)8-7-12(11)6-4-3-5-9-15/h7-8,10,15H,3,5,9H2,1-2H3. The molecule has 0 atom stereocenters. The molecule has 0 bridgehead atoms. The zero-order chi connectivity index (χ0) is 12.7. The largest absolute Gasteiger partial charge is 0.465 e. The molecule has 1 aromatic carbocycles. The lowest BCUT2D eigenvalue weighted by Gasteiger charge is -2.02. The Morgan fingerprint density at radius 1 is 1.47 bits per heavy atom. The van der Waals surface area contributed by atoms with Gasteiger partial charge in [0.25, 0.3) is 0 Å². The summed E-state index contributed by atoms with van der Waals surface area (Å²) >= 11 is 0. The Bertz CT molecular complexity index is 452. The van der Waals surface area contributed by atoms with E-state index in [1.165, 1.54) is 7.11 Å². The van der Waals surface area contributed by atoms with Crippen LogP contribution in [-0.4, -0.2) is 24.8 Å². The Hall–Kier alpha value is -1.79. The Morgan fingerprint density at radius 2 is 2.24 bits per heavy atom. The number of hydrogen-bond donors (Lipinski definition) is 1. The van der Waals surface area contributed by atoms with Gasteiger partial charge in [0.15, 0.2) is 0 Å². The van der Waals surface area contributed by atoms with Crippen LogP contribution in [0.1, 0.15) is 34.3 Å². The number of rotatable bonds is 3. The van der Waals surface area contributed by atoms with Crippen LogP contribution in [0.5, 0.6) is 0 Å². The van der Waals surface area contributed by atoms with Crippen LogP contribution >= 0.6 is 0 Å². The fourth-order valence-electron chi connectivity index (χ4n) is 1.37. The third-order valence-corrected chi connectivity index (χ3v) is 2.33. The summed E-state index contributed by atoms with van der Waals surface area (Å²) in [5, 5.41) is 8.62. The van der Waals surface area contributed by atoms with E-state index in [-0.39, 0.29) is 12.6 Å². The summed E-state index contributed by atoms with van der Waals surface area (Å²) in [7, 11) is 1.36. The maximum atomic E-state index is 11.3. The van der Waals surface area contributed by atoms with Gasteiger partial charge in [-0.3, -0.25) is 0 Å². The van der Waals surface area contributed by atoms with E-state index >= 15 is 0 Å². The molecule has 0 saturated heterocycles.